The predicted octanol–water partition coefficient (Wildman–Crippen LogP) is 6.55. The van der Waals surface area contributed by atoms with Crippen LogP contribution in [0.25, 0.3) is 0 Å². The van der Waals surface area contributed by atoms with Crippen molar-refractivity contribution in [3.05, 3.63) is 86.0 Å². The maximum Gasteiger partial charge on any atom is 0.407 e. The Kier molecular flexibility index (Phi) is 11.3. The van der Waals surface area contributed by atoms with Gasteiger partial charge < -0.3 is 29.7 Å². The second-order valence-electron chi connectivity index (χ2n) is 11.4. The molecule has 1 aromatic heterocycles. The number of ether oxygens (including phenoxy) is 3. The summed E-state index contributed by atoms with van der Waals surface area (Å²) in [6, 6.07) is 13.2. The fourth-order valence-corrected chi connectivity index (χ4v) is 6.49. The van der Waals surface area contributed by atoms with E-state index < -0.39 is 6.09 Å². The Morgan fingerprint density at radius 1 is 1.00 bits per heavy atom. The van der Waals surface area contributed by atoms with E-state index in [4.69, 9.17) is 44.3 Å². The number of hydrogen-bond acceptors (Lipinski definition) is 7. The lowest BCUT2D eigenvalue weighted by molar-refractivity contribution is -0.138. The molecule has 12 heteroatoms. The van der Waals surface area contributed by atoms with Gasteiger partial charge in [0.05, 0.1) is 23.1 Å². The monoisotopic (exact) mass is 674 g/mol. The Labute approximate surface area is 278 Å². The zero-order chi connectivity index (χ0) is 31.9. The lowest BCUT2D eigenvalue weighted by Gasteiger charge is -2.35. The van der Waals surface area contributed by atoms with Gasteiger partial charge in [0.2, 0.25) is 11.8 Å². The normalized spacial score (nSPS) is 17.8. The summed E-state index contributed by atoms with van der Waals surface area (Å²) in [4.78, 5) is 32.2. The number of alkyl carbamates (subject to hydrolysis) is 1. The van der Waals surface area contributed by atoms with Crippen molar-refractivity contribution >= 4 is 46.8 Å². The molecule has 1 saturated heterocycles. The highest BCUT2D eigenvalue weighted by atomic mass is 35.5. The number of rotatable bonds is 12. The van der Waals surface area contributed by atoms with E-state index in [9.17, 15) is 9.59 Å². The number of halogens is 3. The minimum Gasteiger partial charge on any atom is -0.487 e. The quantitative estimate of drug-likeness (QED) is 0.210. The van der Waals surface area contributed by atoms with Crippen molar-refractivity contribution in [2.75, 3.05) is 33.4 Å². The van der Waals surface area contributed by atoms with Crippen molar-refractivity contribution in [3.63, 3.8) is 0 Å². The number of carbonyl (C=O) groups excluding carboxylic acids is 2. The molecule has 2 atom stereocenters. The van der Waals surface area contributed by atoms with Gasteiger partial charge in [0, 0.05) is 43.0 Å². The van der Waals surface area contributed by atoms with E-state index in [0.29, 0.717) is 46.3 Å². The maximum absolute atomic E-state index is 14.1. The molecule has 45 heavy (non-hydrogen) atoms. The van der Waals surface area contributed by atoms with Crippen LogP contribution in [0.5, 0.6) is 11.6 Å². The number of aryl methyl sites for hydroxylation is 1. The molecule has 240 valence electrons. The van der Waals surface area contributed by atoms with Gasteiger partial charge in [-0.15, -0.1) is 0 Å². The van der Waals surface area contributed by atoms with Gasteiger partial charge in [0.25, 0.3) is 0 Å². The number of pyridine rings is 1. The van der Waals surface area contributed by atoms with Crippen molar-refractivity contribution in [2.45, 2.75) is 51.2 Å². The Balaban J connectivity index is 1.21. The molecule has 2 aromatic carbocycles. The number of benzene rings is 2. The molecule has 1 saturated carbocycles. The Bertz CT molecular complexity index is 1480. The van der Waals surface area contributed by atoms with Crippen LogP contribution in [0.15, 0.2) is 48.7 Å². The maximum atomic E-state index is 14.1. The molecule has 2 aliphatic rings. The number of hydrogen-bond donors (Lipinski definition) is 2. The van der Waals surface area contributed by atoms with Gasteiger partial charge in [0.15, 0.2) is 5.75 Å². The summed E-state index contributed by atoms with van der Waals surface area (Å²) in [5.74, 6) is 0.782. The third-order valence-electron chi connectivity index (χ3n) is 8.05. The number of aromatic nitrogens is 1. The minimum atomic E-state index is -0.505. The van der Waals surface area contributed by atoms with Crippen molar-refractivity contribution < 1.29 is 23.8 Å². The first kappa shape index (κ1) is 33.1. The van der Waals surface area contributed by atoms with E-state index >= 15 is 0 Å². The topological polar surface area (TPSA) is 102 Å². The molecular weight excluding hydrogens is 639 g/mol. The molecule has 5 rings (SSSR count). The second kappa shape index (κ2) is 15.4. The van der Waals surface area contributed by atoms with Gasteiger partial charge in [-0.1, -0.05) is 53.0 Å². The van der Waals surface area contributed by atoms with Crippen molar-refractivity contribution in [1.29, 1.82) is 0 Å². The molecule has 2 heterocycles. The number of piperidine rings is 1. The summed E-state index contributed by atoms with van der Waals surface area (Å²) in [6.45, 7) is 4.54. The first-order valence-electron chi connectivity index (χ1n) is 15.0. The molecule has 0 bridgehead atoms. The average Bonchev–Trinajstić information content (AvgIpc) is 3.88. The standard InChI is InChI=1S/C33H37Cl3N4O5/c1-20-13-28(35)31(29(36)14-20)45-12-11-44-30-8-4-22(17-38-30)25-9-10-37-18-26(25)32(41)40(24-5-6-24)19-23-15-21(3-7-27(23)34)16-39-33(42)43-2/h3-4,7-8,13-15,17,24-26,37H,5-6,9-12,16,18-19H2,1-2H3,(H,39,42)/t25-,26+/m1/s1. The first-order chi connectivity index (χ1) is 21.7. The average molecular weight is 676 g/mol. The fourth-order valence-electron chi connectivity index (χ4n) is 5.60. The molecule has 1 aliphatic heterocycles. The number of carbonyl (C=O) groups is 2. The summed E-state index contributed by atoms with van der Waals surface area (Å²) >= 11 is 19.1. The molecule has 2 amide bonds. The van der Waals surface area contributed by atoms with Gasteiger partial charge in [-0.2, -0.15) is 0 Å². The fraction of sp³-hybridized carbons (Fsp3) is 0.424. The van der Waals surface area contributed by atoms with Gasteiger partial charge in [-0.05, 0) is 79.1 Å². The van der Waals surface area contributed by atoms with E-state index in [0.717, 1.165) is 48.1 Å². The number of nitrogens with one attached hydrogen (secondary N) is 2. The Morgan fingerprint density at radius 3 is 2.44 bits per heavy atom. The van der Waals surface area contributed by atoms with Crippen LogP contribution in [0.2, 0.25) is 15.1 Å². The van der Waals surface area contributed by atoms with E-state index in [2.05, 4.69) is 20.4 Å². The van der Waals surface area contributed by atoms with Crippen molar-refractivity contribution in [2.24, 2.45) is 5.92 Å². The highest BCUT2D eigenvalue weighted by Crippen LogP contribution is 2.37. The molecule has 3 aromatic rings. The summed E-state index contributed by atoms with van der Waals surface area (Å²) < 4.78 is 16.2. The predicted molar refractivity (Wildman–Crippen MR) is 174 cm³/mol. The van der Waals surface area contributed by atoms with Crippen LogP contribution >= 0.6 is 34.8 Å². The SMILES string of the molecule is COC(=O)NCc1ccc(Cl)c(CN(C(=O)[C@H]2CNCC[C@@H]2c2ccc(OCCOc3c(Cl)cc(C)cc3Cl)nc2)C2CC2)c1. The largest absolute Gasteiger partial charge is 0.487 e. The molecule has 2 fully saturated rings. The van der Waals surface area contributed by atoms with E-state index in [1.165, 1.54) is 7.11 Å². The minimum absolute atomic E-state index is 0.0155. The van der Waals surface area contributed by atoms with Crippen LogP contribution in [0, 0.1) is 12.8 Å². The Morgan fingerprint density at radius 2 is 1.76 bits per heavy atom. The zero-order valence-electron chi connectivity index (χ0n) is 25.3. The molecule has 0 radical (unpaired) electrons. The van der Waals surface area contributed by atoms with Crippen LogP contribution in [-0.2, 0) is 22.6 Å². The van der Waals surface area contributed by atoms with Gasteiger partial charge in [-0.25, -0.2) is 9.78 Å². The Hall–Kier alpha value is -3.24. The van der Waals surface area contributed by atoms with Crippen molar-refractivity contribution in [1.82, 2.24) is 20.5 Å². The lowest BCUT2D eigenvalue weighted by Crippen LogP contribution is -2.47. The summed E-state index contributed by atoms with van der Waals surface area (Å²) in [5, 5.41) is 7.60. The van der Waals surface area contributed by atoms with Crippen LogP contribution in [-0.4, -0.2) is 61.3 Å². The van der Waals surface area contributed by atoms with E-state index in [1.54, 1.807) is 24.4 Å². The molecule has 0 spiro atoms. The molecule has 1 aliphatic carbocycles. The highest BCUT2D eigenvalue weighted by molar-refractivity contribution is 6.37. The first-order valence-corrected chi connectivity index (χ1v) is 16.1. The number of nitrogens with zero attached hydrogens (tertiary/aromatic N) is 2. The number of methoxy groups -OCH3 is 1. The molecule has 0 unspecified atom stereocenters. The third kappa shape index (κ3) is 8.73. The summed E-state index contributed by atoms with van der Waals surface area (Å²) in [7, 11) is 1.32. The lowest BCUT2D eigenvalue weighted by atomic mass is 9.81. The van der Waals surface area contributed by atoms with Gasteiger partial charge in [0.1, 0.15) is 13.2 Å². The number of amides is 2. The van der Waals surface area contributed by atoms with Gasteiger partial charge >= 0.3 is 6.09 Å². The van der Waals surface area contributed by atoms with Crippen LogP contribution in [0.3, 0.4) is 0 Å². The molecule has 2 N–H and O–H groups in total. The van der Waals surface area contributed by atoms with Crippen LogP contribution in [0.4, 0.5) is 4.79 Å². The van der Waals surface area contributed by atoms with Crippen molar-refractivity contribution in [3.8, 4) is 11.6 Å². The second-order valence-corrected chi connectivity index (χ2v) is 12.6. The zero-order valence-corrected chi connectivity index (χ0v) is 27.6. The molecular formula is C33H37Cl3N4O5. The van der Waals surface area contributed by atoms with Crippen LogP contribution < -0.4 is 20.1 Å². The van der Waals surface area contributed by atoms with E-state index in [1.807, 2.05) is 36.1 Å². The van der Waals surface area contributed by atoms with E-state index in [-0.39, 0.29) is 37.0 Å². The molecule has 9 nitrogen and oxygen atoms in total. The third-order valence-corrected chi connectivity index (χ3v) is 8.98. The summed E-state index contributed by atoms with van der Waals surface area (Å²) in [6.07, 6.45) is 4.05. The smallest absolute Gasteiger partial charge is 0.407 e. The van der Waals surface area contributed by atoms with Crippen LogP contribution in [0.1, 0.15) is 47.4 Å². The highest BCUT2D eigenvalue weighted by Gasteiger charge is 2.40. The summed E-state index contributed by atoms with van der Waals surface area (Å²) in [5.41, 5.74) is 3.68. The van der Waals surface area contributed by atoms with Gasteiger partial charge in [-0.3, -0.25) is 4.79 Å².